The Morgan fingerprint density at radius 2 is 1.93 bits per heavy atom. The predicted octanol–water partition coefficient (Wildman–Crippen LogP) is 3.91. The highest BCUT2D eigenvalue weighted by Gasteiger charge is 2.06. The first-order valence-corrected chi connectivity index (χ1v) is 4.99. The highest BCUT2D eigenvalue weighted by Crippen LogP contribution is 2.17. The summed E-state index contributed by atoms with van der Waals surface area (Å²) in [6, 6.07) is 11.4. The molecular formula is C12H10ClNO. The molecule has 0 atom stereocenters. The number of halogens is 1. The average molecular weight is 220 g/mol. The van der Waals surface area contributed by atoms with Crippen molar-refractivity contribution in [1.29, 1.82) is 0 Å². The van der Waals surface area contributed by atoms with Crippen LogP contribution in [0.1, 0.15) is 11.3 Å². The zero-order chi connectivity index (χ0) is 10.7. The van der Waals surface area contributed by atoms with E-state index in [2.05, 4.69) is 4.99 Å². The van der Waals surface area contributed by atoms with E-state index >= 15 is 0 Å². The van der Waals surface area contributed by atoms with Crippen LogP contribution in [0.25, 0.3) is 0 Å². The third-order valence-electron chi connectivity index (χ3n) is 2.06. The van der Waals surface area contributed by atoms with Crippen molar-refractivity contribution < 1.29 is 4.42 Å². The maximum Gasteiger partial charge on any atom is 0.140 e. The van der Waals surface area contributed by atoms with Gasteiger partial charge in [-0.3, -0.25) is 0 Å². The lowest BCUT2D eigenvalue weighted by molar-refractivity contribution is 0.533. The Bertz CT molecular complexity index is 473. The molecule has 0 amide bonds. The van der Waals surface area contributed by atoms with Gasteiger partial charge in [-0.2, -0.15) is 0 Å². The molecular weight excluding hydrogens is 210 g/mol. The van der Waals surface area contributed by atoms with E-state index in [0.29, 0.717) is 5.17 Å². The molecule has 76 valence electrons. The van der Waals surface area contributed by atoms with E-state index in [4.69, 9.17) is 16.0 Å². The number of rotatable bonds is 2. The van der Waals surface area contributed by atoms with Crippen LogP contribution in [0.4, 0.5) is 5.69 Å². The topological polar surface area (TPSA) is 25.5 Å². The van der Waals surface area contributed by atoms with Gasteiger partial charge in [0.15, 0.2) is 0 Å². The summed E-state index contributed by atoms with van der Waals surface area (Å²) in [5.41, 5.74) is 1.67. The summed E-state index contributed by atoms with van der Waals surface area (Å²) >= 11 is 6.08. The third kappa shape index (κ3) is 2.28. The van der Waals surface area contributed by atoms with Crippen molar-refractivity contribution in [1.82, 2.24) is 0 Å². The number of para-hydroxylation sites is 1. The van der Waals surface area contributed by atoms with Crippen molar-refractivity contribution in [2.24, 2.45) is 4.99 Å². The summed E-state index contributed by atoms with van der Waals surface area (Å²) < 4.78 is 5.16. The van der Waals surface area contributed by atoms with Gasteiger partial charge in [-0.05, 0) is 25.1 Å². The highest BCUT2D eigenvalue weighted by molar-refractivity contribution is 6.70. The number of furan rings is 1. The van der Waals surface area contributed by atoms with Gasteiger partial charge in [-0.25, -0.2) is 4.99 Å². The van der Waals surface area contributed by atoms with E-state index in [9.17, 15) is 0 Å². The van der Waals surface area contributed by atoms with Crippen molar-refractivity contribution in [3.8, 4) is 0 Å². The second kappa shape index (κ2) is 4.32. The van der Waals surface area contributed by atoms with Gasteiger partial charge in [0, 0.05) is 0 Å². The van der Waals surface area contributed by atoms with Gasteiger partial charge in [0.25, 0.3) is 0 Å². The van der Waals surface area contributed by atoms with Gasteiger partial charge in [-0.15, -0.1) is 0 Å². The molecule has 0 aliphatic heterocycles. The average Bonchev–Trinajstić information content (AvgIpc) is 2.66. The first-order valence-electron chi connectivity index (χ1n) is 4.61. The SMILES string of the molecule is Cc1occc1C(Cl)=Nc1ccccc1. The molecule has 3 heteroatoms. The van der Waals surface area contributed by atoms with Crippen LogP contribution in [-0.2, 0) is 0 Å². The molecule has 0 unspecified atom stereocenters. The second-order valence-electron chi connectivity index (χ2n) is 3.13. The van der Waals surface area contributed by atoms with E-state index in [0.717, 1.165) is 17.0 Å². The largest absolute Gasteiger partial charge is 0.469 e. The molecule has 0 N–H and O–H groups in total. The van der Waals surface area contributed by atoms with Crippen LogP contribution in [0.15, 0.2) is 52.1 Å². The standard InChI is InChI=1S/C12H10ClNO/c1-9-11(7-8-15-9)12(13)14-10-5-3-2-4-6-10/h2-8H,1H3. The molecule has 2 rings (SSSR count). The summed E-state index contributed by atoms with van der Waals surface area (Å²) in [5.74, 6) is 0.777. The van der Waals surface area contributed by atoms with E-state index in [1.165, 1.54) is 0 Å². The minimum absolute atomic E-state index is 0.451. The van der Waals surface area contributed by atoms with Gasteiger partial charge in [0.2, 0.25) is 0 Å². The summed E-state index contributed by atoms with van der Waals surface area (Å²) in [7, 11) is 0. The fraction of sp³-hybridized carbons (Fsp3) is 0.0833. The number of aliphatic imine (C=N–C) groups is 1. The molecule has 15 heavy (non-hydrogen) atoms. The van der Waals surface area contributed by atoms with Crippen molar-refractivity contribution in [2.45, 2.75) is 6.92 Å². The monoisotopic (exact) mass is 219 g/mol. The minimum Gasteiger partial charge on any atom is -0.469 e. The summed E-state index contributed by atoms with van der Waals surface area (Å²) in [5, 5.41) is 0.451. The first-order chi connectivity index (χ1) is 7.27. The van der Waals surface area contributed by atoms with Crippen LogP contribution in [0, 0.1) is 6.92 Å². The smallest absolute Gasteiger partial charge is 0.140 e. The maximum absolute atomic E-state index is 6.08. The fourth-order valence-corrected chi connectivity index (χ4v) is 1.57. The summed E-state index contributed by atoms with van der Waals surface area (Å²) in [6.45, 7) is 1.86. The summed E-state index contributed by atoms with van der Waals surface area (Å²) in [4.78, 5) is 4.28. The Kier molecular flexibility index (Phi) is 2.88. The molecule has 0 saturated carbocycles. The lowest BCUT2D eigenvalue weighted by Crippen LogP contribution is -1.89. The van der Waals surface area contributed by atoms with Gasteiger partial charge in [-0.1, -0.05) is 29.8 Å². The van der Waals surface area contributed by atoms with Crippen LogP contribution in [-0.4, -0.2) is 5.17 Å². The van der Waals surface area contributed by atoms with Gasteiger partial charge >= 0.3 is 0 Å². The van der Waals surface area contributed by atoms with Crippen molar-refractivity contribution >= 4 is 22.5 Å². The summed E-state index contributed by atoms with van der Waals surface area (Å²) in [6.07, 6.45) is 1.60. The van der Waals surface area contributed by atoms with Crippen molar-refractivity contribution in [3.05, 3.63) is 54.0 Å². The zero-order valence-electron chi connectivity index (χ0n) is 8.27. The van der Waals surface area contributed by atoms with Crippen LogP contribution in [0.3, 0.4) is 0 Å². The molecule has 0 bridgehead atoms. The fourth-order valence-electron chi connectivity index (χ4n) is 1.28. The normalized spacial score (nSPS) is 11.7. The van der Waals surface area contributed by atoms with Gasteiger partial charge < -0.3 is 4.42 Å². The van der Waals surface area contributed by atoms with Crippen molar-refractivity contribution in [3.63, 3.8) is 0 Å². The molecule has 1 heterocycles. The van der Waals surface area contributed by atoms with Gasteiger partial charge in [0.1, 0.15) is 10.9 Å². The number of benzene rings is 1. The highest BCUT2D eigenvalue weighted by atomic mass is 35.5. The number of aryl methyl sites for hydroxylation is 1. The van der Waals surface area contributed by atoms with Gasteiger partial charge in [0.05, 0.1) is 17.5 Å². The molecule has 1 aromatic heterocycles. The van der Waals surface area contributed by atoms with E-state index in [1.807, 2.05) is 43.3 Å². The predicted molar refractivity (Wildman–Crippen MR) is 61.9 cm³/mol. The molecule has 0 saturated heterocycles. The lowest BCUT2D eigenvalue weighted by atomic mass is 10.3. The zero-order valence-corrected chi connectivity index (χ0v) is 9.03. The molecule has 2 aromatic rings. The maximum atomic E-state index is 6.08. The van der Waals surface area contributed by atoms with Crippen LogP contribution in [0.2, 0.25) is 0 Å². The molecule has 0 spiro atoms. The number of nitrogens with zero attached hydrogens (tertiary/aromatic N) is 1. The Morgan fingerprint density at radius 3 is 2.53 bits per heavy atom. The minimum atomic E-state index is 0.451. The number of hydrogen-bond acceptors (Lipinski definition) is 2. The Labute approximate surface area is 93.2 Å². The molecule has 0 aliphatic carbocycles. The molecule has 0 radical (unpaired) electrons. The molecule has 2 nitrogen and oxygen atoms in total. The van der Waals surface area contributed by atoms with E-state index in [-0.39, 0.29) is 0 Å². The Morgan fingerprint density at radius 1 is 1.20 bits per heavy atom. The van der Waals surface area contributed by atoms with Crippen LogP contribution in [0.5, 0.6) is 0 Å². The van der Waals surface area contributed by atoms with Crippen molar-refractivity contribution in [2.75, 3.05) is 0 Å². The molecule has 0 fully saturated rings. The molecule has 1 aromatic carbocycles. The van der Waals surface area contributed by atoms with E-state index in [1.54, 1.807) is 6.26 Å². The second-order valence-corrected chi connectivity index (χ2v) is 3.49. The third-order valence-corrected chi connectivity index (χ3v) is 2.35. The Hall–Kier alpha value is -1.54. The Balaban J connectivity index is 2.33. The first kappa shape index (κ1) is 9.99. The van der Waals surface area contributed by atoms with Crippen LogP contribution < -0.4 is 0 Å². The molecule has 0 aliphatic rings. The van der Waals surface area contributed by atoms with E-state index < -0.39 is 0 Å². The quantitative estimate of drug-likeness (QED) is 0.704. The number of hydrogen-bond donors (Lipinski definition) is 0. The lowest BCUT2D eigenvalue weighted by Gasteiger charge is -1.96. The van der Waals surface area contributed by atoms with Crippen LogP contribution >= 0.6 is 11.6 Å².